The number of amides is 2. The van der Waals surface area contributed by atoms with Gasteiger partial charge in [0.05, 0.1) is 0 Å². The van der Waals surface area contributed by atoms with Gasteiger partial charge in [0.15, 0.2) is 12.2 Å². The van der Waals surface area contributed by atoms with Gasteiger partial charge in [-0.05, 0) is 0 Å². The molecule has 0 aromatic rings. The lowest BCUT2D eigenvalue weighted by atomic mass is 10.0. The van der Waals surface area contributed by atoms with Crippen LogP contribution in [0.4, 0.5) is 0 Å². The van der Waals surface area contributed by atoms with Crippen molar-refractivity contribution in [3.8, 4) is 0 Å². The van der Waals surface area contributed by atoms with Crippen molar-refractivity contribution in [2.24, 2.45) is 11.5 Å². The van der Waals surface area contributed by atoms with Crippen LogP contribution < -0.4 is 11.5 Å². The number of nitrogens with two attached hydrogens (primary N) is 2. The zero-order valence-electron chi connectivity index (χ0n) is 7.48. The number of rotatable bonds is 5. The van der Waals surface area contributed by atoms with Crippen LogP contribution in [0.5, 0.6) is 0 Å². The Morgan fingerprint density at radius 3 is 1.13 bits per heavy atom. The highest BCUT2D eigenvalue weighted by molar-refractivity contribution is 5.85. The van der Waals surface area contributed by atoms with Crippen molar-refractivity contribution < 1.29 is 30.0 Å². The molecular formula is C6H13ClN2O6. The molecule has 0 aromatic carbocycles. The largest absolute Gasteiger partial charge is 0.387 e. The van der Waals surface area contributed by atoms with Gasteiger partial charge in [0, 0.05) is 0 Å². The Morgan fingerprint density at radius 1 is 0.800 bits per heavy atom. The molecule has 0 saturated heterocycles. The molecular weight excluding hydrogens is 232 g/mol. The summed E-state index contributed by atoms with van der Waals surface area (Å²) in [5.74, 6) is -2.60. The fraction of sp³-hybridized carbons (Fsp3) is 0.667. The Bertz CT molecular complexity index is 214. The molecule has 8 nitrogen and oxygen atoms in total. The Labute approximate surface area is 90.9 Å². The number of carbonyl (C=O) groups is 2. The van der Waals surface area contributed by atoms with E-state index in [2.05, 4.69) is 11.5 Å². The van der Waals surface area contributed by atoms with E-state index in [4.69, 9.17) is 20.4 Å². The lowest BCUT2D eigenvalue weighted by Gasteiger charge is -2.22. The number of aliphatic hydroxyl groups is 4. The van der Waals surface area contributed by atoms with Gasteiger partial charge in [-0.15, -0.1) is 12.4 Å². The van der Waals surface area contributed by atoms with Crippen LogP contribution in [0.3, 0.4) is 0 Å². The first-order valence-electron chi connectivity index (χ1n) is 3.60. The van der Waals surface area contributed by atoms with Crippen molar-refractivity contribution in [3.05, 3.63) is 0 Å². The van der Waals surface area contributed by atoms with Crippen molar-refractivity contribution >= 4 is 24.2 Å². The van der Waals surface area contributed by atoms with Crippen molar-refractivity contribution in [2.75, 3.05) is 0 Å². The molecule has 0 saturated carbocycles. The topological polar surface area (TPSA) is 167 Å². The van der Waals surface area contributed by atoms with Gasteiger partial charge in [0.2, 0.25) is 11.8 Å². The van der Waals surface area contributed by atoms with Gasteiger partial charge in [-0.1, -0.05) is 0 Å². The Hall–Kier alpha value is -0.930. The molecule has 0 aliphatic heterocycles. The van der Waals surface area contributed by atoms with Crippen LogP contribution in [0.2, 0.25) is 0 Å². The lowest BCUT2D eigenvalue weighted by molar-refractivity contribution is -0.152. The highest BCUT2D eigenvalue weighted by Crippen LogP contribution is 2.04. The molecule has 0 aromatic heterocycles. The van der Waals surface area contributed by atoms with E-state index in [0.717, 1.165) is 0 Å². The molecule has 2 amide bonds. The minimum atomic E-state index is -2.08. The summed E-state index contributed by atoms with van der Waals surface area (Å²) >= 11 is 0. The minimum Gasteiger partial charge on any atom is -0.387 e. The normalized spacial score (nSPS) is 18.1. The van der Waals surface area contributed by atoms with Gasteiger partial charge in [-0.25, -0.2) is 0 Å². The average Bonchev–Trinajstić information content (AvgIpc) is 2.12. The van der Waals surface area contributed by atoms with E-state index in [1.165, 1.54) is 0 Å². The molecule has 0 aliphatic rings. The molecule has 0 aliphatic carbocycles. The number of hydrogen-bond donors (Lipinski definition) is 6. The van der Waals surface area contributed by atoms with E-state index in [0.29, 0.717) is 0 Å². The summed E-state index contributed by atoms with van der Waals surface area (Å²) in [6.07, 6.45) is -8.32. The van der Waals surface area contributed by atoms with E-state index >= 15 is 0 Å². The van der Waals surface area contributed by atoms with E-state index in [-0.39, 0.29) is 12.4 Å². The number of carbonyl (C=O) groups excluding carboxylic acids is 2. The van der Waals surface area contributed by atoms with E-state index in [1.807, 2.05) is 0 Å². The maximum atomic E-state index is 10.3. The molecule has 0 radical (unpaired) electrons. The molecule has 90 valence electrons. The standard InChI is InChI=1S/C6H12N2O6.ClH/c7-5(13)3(11)1(9)2(10)4(12)6(8)14;/h1-4,9-12H,(H2,7,13)(H2,8,14);1H. The van der Waals surface area contributed by atoms with Gasteiger partial charge < -0.3 is 31.9 Å². The van der Waals surface area contributed by atoms with Gasteiger partial charge in [0.25, 0.3) is 0 Å². The van der Waals surface area contributed by atoms with E-state index in [1.54, 1.807) is 0 Å². The minimum absolute atomic E-state index is 0. The second-order valence-electron chi connectivity index (χ2n) is 2.68. The van der Waals surface area contributed by atoms with Crippen LogP contribution in [-0.2, 0) is 9.59 Å². The Kier molecular flexibility index (Phi) is 7.19. The van der Waals surface area contributed by atoms with Crippen LogP contribution in [0.1, 0.15) is 0 Å². The van der Waals surface area contributed by atoms with Crippen molar-refractivity contribution in [1.82, 2.24) is 0 Å². The summed E-state index contributed by atoms with van der Waals surface area (Å²) in [6.45, 7) is 0. The van der Waals surface area contributed by atoms with E-state index in [9.17, 15) is 9.59 Å². The lowest BCUT2D eigenvalue weighted by Crippen LogP contribution is -2.52. The van der Waals surface area contributed by atoms with Crippen molar-refractivity contribution in [3.63, 3.8) is 0 Å². The monoisotopic (exact) mass is 244 g/mol. The molecule has 15 heavy (non-hydrogen) atoms. The molecule has 9 heteroatoms. The maximum Gasteiger partial charge on any atom is 0.249 e. The highest BCUT2D eigenvalue weighted by atomic mass is 35.5. The van der Waals surface area contributed by atoms with Crippen LogP contribution in [0, 0.1) is 0 Å². The fourth-order valence-corrected chi connectivity index (χ4v) is 0.710. The summed E-state index contributed by atoms with van der Waals surface area (Å²) in [5, 5.41) is 35.7. The quantitative estimate of drug-likeness (QED) is 0.287. The summed E-state index contributed by atoms with van der Waals surface area (Å²) < 4.78 is 0. The Balaban J connectivity index is 0. The van der Waals surface area contributed by atoms with Crippen LogP contribution >= 0.6 is 12.4 Å². The molecule has 0 bridgehead atoms. The second kappa shape index (κ2) is 6.53. The number of hydrogen-bond acceptors (Lipinski definition) is 6. The van der Waals surface area contributed by atoms with Crippen molar-refractivity contribution in [1.29, 1.82) is 0 Å². The molecule has 0 spiro atoms. The van der Waals surface area contributed by atoms with Gasteiger partial charge >= 0.3 is 0 Å². The predicted molar refractivity (Wildman–Crippen MR) is 49.7 cm³/mol. The highest BCUT2D eigenvalue weighted by Gasteiger charge is 2.35. The van der Waals surface area contributed by atoms with Crippen LogP contribution in [0.15, 0.2) is 0 Å². The van der Waals surface area contributed by atoms with E-state index < -0.39 is 36.2 Å². The molecule has 0 rings (SSSR count). The zero-order valence-corrected chi connectivity index (χ0v) is 8.29. The third kappa shape index (κ3) is 4.40. The fourth-order valence-electron chi connectivity index (χ4n) is 0.710. The van der Waals surface area contributed by atoms with Crippen LogP contribution in [0.25, 0.3) is 0 Å². The second-order valence-corrected chi connectivity index (χ2v) is 2.68. The number of halogens is 1. The zero-order chi connectivity index (χ0) is 11.5. The van der Waals surface area contributed by atoms with Crippen molar-refractivity contribution in [2.45, 2.75) is 24.4 Å². The molecule has 0 fully saturated rings. The van der Waals surface area contributed by atoms with Gasteiger partial charge in [0.1, 0.15) is 12.2 Å². The first-order chi connectivity index (χ1) is 6.29. The smallest absolute Gasteiger partial charge is 0.249 e. The molecule has 8 N–H and O–H groups in total. The average molecular weight is 245 g/mol. The summed E-state index contributed by atoms with van der Waals surface area (Å²) in [6, 6.07) is 0. The van der Waals surface area contributed by atoms with Crippen LogP contribution in [-0.4, -0.2) is 56.7 Å². The summed E-state index contributed by atoms with van der Waals surface area (Å²) in [4.78, 5) is 20.7. The van der Waals surface area contributed by atoms with Gasteiger partial charge in [-0.2, -0.15) is 0 Å². The number of primary amides is 2. The van der Waals surface area contributed by atoms with Gasteiger partial charge in [-0.3, -0.25) is 9.59 Å². The Morgan fingerprint density at radius 2 is 1.00 bits per heavy atom. The maximum absolute atomic E-state index is 10.3. The molecule has 4 unspecified atom stereocenters. The number of aliphatic hydroxyl groups excluding tert-OH is 4. The SMILES string of the molecule is Cl.NC(=O)C(O)C(O)C(O)C(O)C(N)=O. The first-order valence-corrected chi connectivity index (χ1v) is 3.60. The molecule has 4 atom stereocenters. The summed E-state index contributed by atoms with van der Waals surface area (Å²) in [7, 11) is 0. The third-order valence-electron chi connectivity index (χ3n) is 1.58. The first kappa shape index (κ1) is 16.5. The molecule has 0 heterocycles. The predicted octanol–water partition coefficient (Wildman–Crippen LogP) is -4.18. The third-order valence-corrected chi connectivity index (χ3v) is 1.58. The summed E-state index contributed by atoms with van der Waals surface area (Å²) in [5.41, 5.74) is 9.19.